The minimum atomic E-state index is -1.96. The molecule has 594 valence electrons. The van der Waals surface area contributed by atoms with Gasteiger partial charge in [-0.1, -0.05) is 105 Å². The van der Waals surface area contributed by atoms with Crippen LogP contribution in [0.4, 0.5) is 0 Å². The maximum atomic E-state index is 14.9. The fraction of sp³-hybridized carbons (Fsp3) is 0.726. The van der Waals surface area contributed by atoms with Gasteiger partial charge in [-0.15, -0.1) is 11.8 Å². The molecule has 0 spiro atoms. The number of likely N-dealkylation sites (tertiary alicyclic amines) is 1. The Morgan fingerprint density at radius 1 is 0.686 bits per heavy atom. The molecule has 0 aliphatic carbocycles. The molecule has 32 heteroatoms. The van der Waals surface area contributed by atoms with Crippen LogP contribution in [0.1, 0.15) is 153 Å². The molecule has 1 aromatic rings. The number of rotatable bonds is 48. The summed E-state index contributed by atoms with van der Waals surface area (Å²) in [4.78, 5) is 168. The summed E-state index contributed by atoms with van der Waals surface area (Å²) in [6.07, 6.45) is -4.73. The Kier molecular flexibility index (Phi) is 39.3. The van der Waals surface area contributed by atoms with E-state index in [1.807, 2.05) is 66.4 Å². The van der Waals surface area contributed by atoms with E-state index in [0.29, 0.717) is 51.6 Å². The molecular weight excluding hydrogens is 1380 g/mol. The molecule has 2 aliphatic rings. The summed E-state index contributed by atoms with van der Waals surface area (Å²) >= 11 is 1.37. The van der Waals surface area contributed by atoms with Crippen molar-refractivity contribution in [3.63, 3.8) is 0 Å². The number of hydrogen-bond acceptors (Lipinski definition) is 21. The average molecular weight is 1500 g/mol. The van der Waals surface area contributed by atoms with Crippen molar-refractivity contribution in [1.82, 2.24) is 56.8 Å². The number of aliphatic carboxylic acids is 1. The Morgan fingerprint density at radius 3 is 1.86 bits per heavy atom. The number of aliphatic hydroxyl groups excluding tert-OH is 5. The number of amides is 11. The van der Waals surface area contributed by atoms with Gasteiger partial charge in [0.25, 0.3) is 11.8 Å². The van der Waals surface area contributed by atoms with Gasteiger partial charge in [0.05, 0.1) is 61.3 Å². The number of hydrogen-bond donors (Lipinski definition) is 13. The summed E-state index contributed by atoms with van der Waals surface area (Å²) in [5, 5.41) is 78.1. The van der Waals surface area contributed by atoms with Crippen LogP contribution in [-0.4, -0.2) is 278 Å². The van der Waals surface area contributed by atoms with Gasteiger partial charge in [-0.05, 0) is 89.2 Å². The van der Waals surface area contributed by atoms with Gasteiger partial charge in [0.15, 0.2) is 0 Å². The quantitative estimate of drug-likeness (QED) is 0.0238. The zero-order valence-electron chi connectivity index (χ0n) is 64.1. The lowest BCUT2D eigenvalue weighted by molar-refractivity contribution is -0.148. The summed E-state index contributed by atoms with van der Waals surface area (Å²) in [5.74, 6) is -9.33. The number of carboxylic acid groups (broad SMARTS) is 1. The zero-order valence-corrected chi connectivity index (χ0v) is 64.9. The number of ether oxygens (including phenoxy) is 2. The summed E-state index contributed by atoms with van der Waals surface area (Å²) < 4.78 is 11.4. The number of benzene rings is 1. The highest BCUT2D eigenvalue weighted by molar-refractivity contribution is 8.00. The van der Waals surface area contributed by atoms with Gasteiger partial charge in [0.2, 0.25) is 53.2 Å². The fourth-order valence-corrected chi connectivity index (χ4v) is 14.1. The van der Waals surface area contributed by atoms with E-state index in [9.17, 15) is 83.1 Å². The van der Waals surface area contributed by atoms with Crippen molar-refractivity contribution < 1.29 is 97.6 Å². The molecule has 2 aliphatic heterocycles. The lowest BCUT2D eigenvalue weighted by atomic mass is 9.89. The van der Waals surface area contributed by atoms with Crippen LogP contribution in [0.2, 0.25) is 0 Å². The second-order valence-electron chi connectivity index (χ2n) is 29.3. The molecule has 11 amide bonds. The van der Waals surface area contributed by atoms with Crippen molar-refractivity contribution in [3.05, 3.63) is 48.0 Å². The minimum absolute atomic E-state index is 0.0691. The number of methoxy groups -OCH3 is 2. The van der Waals surface area contributed by atoms with Crippen molar-refractivity contribution in [2.24, 2.45) is 29.6 Å². The van der Waals surface area contributed by atoms with Crippen molar-refractivity contribution in [3.8, 4) is 0 Å². The molecule has 0 unspecified atom stereocenters. The predicted molar refractivity (Wildman–Crippen MR) is 393 cm³/mol. The largest absolute Gasteiger partial charge is 0.480 e. The molecule has 0 saturated carbocycles. The molecule has 2 heterocycles. The number of aliphatic hydroxyl groups is 5. The summed E-state index contributed by atoms with van der Waals surface area (Å²) in [6, 6.07) is 1.08. The minimum Gasteiger partial charge on any atom is -0.480 e. The first kappa shape index (κ1) is 92.0. The number of carbonyl (C=O) groups excluding carboxylic acids is 11. The van der Waals surface area contributed by atoms with Crippen molar-refractivity contribution in [2.75, 3.05) is 67.0 Å². The van der Waals surface area contributed by atoms with Crippen molar-refractivity contribution in [2.45, 2.75) is 243 Å². The molecule has 13 N–H and O–H groups in total. The second kappa shape index (κ2) is 44.8. The van der Waals surface area contributed by atoms with Crippen LogP contribution in [0.25, 0.3) is 0 Å². The lowest BCUT2D eigenvalue weighted by Crippen LogP contribution is -2.60. The first-order valence-electron chi connectivity index (χ1n) is 36.4. The maximum absolute atomic E-state index is 14.9. The molecule has 1 fully saturated rings. The van der Waals surface area contributed by atoms with Crippen LogP contribution < -0.4 is 37.2 Å². The van der Waals surface area contributed by atoms with Crippen LogP contribution in [0.15, 0.2) is 42.5 Å². The highest BCUT2D eigenvalue weighted by atomic mass is 32.2. The Bertz CT molecular complexity index is 3040. The van der Waals surface area contributed by atoms with Gasteiger partial charge >= 0.3 is 5.97 Å². The first-order chi connectivity index (χ1) is 49.3. The van der Waals surface area contributed by atoms with E-state index in [1.165, 1.54) is 45.1 Å². The monoisotopic (exact) mass is 1500 g/mol. The SMILES string of the molecule is CC[C@H](C)[C@@H]([C@@H](CC(=O)N1CCC[C@H]1[C@H](OC)[C@@H](C)C(=O)N[C@@H](Cc1ccccc1)C(=O)O)OC)N(C)C(=O)[C@@H](NC(=O)[C@H](C(C)C)N(C)CC(C)(C)SCNC(=O)[C@H](C)NC(=O)[C@@H](NC(=O)[C@H](CCC(=O)NC[C@H](O)[C@@H](O)[C@H](O)[C@H](O)CO)NC(=O)CCCCCN1C(=O)C=CC1=O)C(C)C)C(C)C. The number of carbonyl (C=O) groups is 12. The number of thioether (sulfide) groups is 1. The van der Waals surface area contributed by atoms with E-state index < -0.39 is 180 Å². The third kappa shape index (κ3) is 28.8. The van der Waals surface area contributed by atoms with E-state index in [1.54, 1.807) is 68.9 Å². The van der Waals surface area contributed by atoms with Gasteiger partial charge in [-0.25, -0.2) is 4.79 Å². The highest BCUT2D eigenvalue weighted by Crippen LogP contribution is 2.31. The average Bonchev–Trinajstić information content (AvgIpc) is 1.53. The number of nitrogens with one attached hydrogen (secondary N) is 7. The zero-order chi connectivity index (χ0) is 79.3. The topological polar surface area (TPSA) is 442 Å². The molecule has 1 aromatic carbocycles. The van der Waals surface area contributed by atoms with Gasteiger partial charge < -0.3 is 87.1 Å². The summed E-state index contributed by atoms with van der Waals surface area (Å²) in [7, 11) is 6.40. The summed E-state index contributed by atoms with van der Waals surface area (Å²) in [5.41, 5.74) is 0.739. The lowest BCUT2D eigenvalue weighted by Gasteiger charge is -2.41. The normalized spacial score (nSPS) is 18.4. The highest BCUT2D eigenvalue weighted by Gasteiger charge is 2.45. The number of unbranched alkanes of at least 4 members (excludes halogenated alkanes) is 2. The third-order valence-corrected chi connectivity index (χ3v) is 20.6. The molecule has 31 nitrogen and oxygen atoms in total. The van der Waals surface area contributed by atoms with E-state index in [0.717, 1.165) is 10.5 Å². The van der Waals surface area contributed by atoms with Crippen LogP contribution in [0.5, 0.6) is 0 Å². The molecule has 0 radical (unpaired) electrons. The molecular formula is C73H121N11O20S. The summed E-state index contributed by atoms with van der Waals surface area (Å²) in [6.45, 7) is 21.0. The standard InChI is InChI=1S/C73H121N11O20S/c1-17-44(8)62(53(103-15)36-58(92)83-34-24-27-50(83)65(104-16)45(9)66(95)78-49(72(101)102)35-47-25-20-18-21-26-47)82(14)71(100)60(42(4)5)80-70(99)61(43(6)7)81(13)39-73(11,12)105-40-75-67(96)46(10)76-69(98)59(41(2)3)79-68(97)48(29-30-54(88)74-37-51(86)63(93)64(94)52(87)38-85)77-55(89)28-22-19-23-33-84-56(90)31-32-57(84)91/h18,20-21,25-26,31-32,41-46,48-53,59-65,85-87,93-94H,17,19,22-24,27-30,33-40H2,1-16H3,(H,74,88)(H,75,96)(H,76,98)(H,77,89)(H,78,95)(H,79,97)(H,80,99)(H,101,102)/t44-,45+,46-,48-,49-,50-,51-,52+,53+,59-,60-,61-,62-,63+,64+,65+/m0/s1. The van der Waals surface area contributed by atoms with E-state index in [-0.39, 0.29) is 67.7 Å². The third-order valence-electron chi connectivity index (χ3n) is 19.4. The molecule has 3 rings (SSSR count). The van der Waals surface area contributed by atoms with Crippen molar-refractivity contribution >= 4 is 82.7 Å². The number of nitrogens with zero attached hydrogens (tertiary/aromatic N) is 4. The number of carboxylic acids is 1. The Morgan fingerprint density at radius 2 is 1.30 bits per heavy atom. The van der Waals surface area contributed by atoms with Gasteiger partial charge in [-0.3, -0.25) is 62.5 Å². The van der Waals surface area contributed by atoms with Gasteiger partial charge in [0, 0.05) is 83.6 Å². The van der Waals surface area contributed by atoms with Crippen LogP contribution in [-0.2, 0) is 73.4 Å². The Hall–Kier alpha value is -7.17. The van der Waals surface area contributed by atoms with Crippen LogP contribution >= 0.6 is 11.8 Å². The van der Waals surface area contributed by atoms with E-state index in [4.69, 9.17) is 14.6 Å². The molecule has 0 aromatic heterocycles. The second-order valence-corrected chi connectivity index (χ2v) is 31.0. The van der Waals surface area contributed by atoms with E-state index >= 15 is 0 Å². The molecule has 0 bridgehead atoms. The predicted octanol–water partition coefficient (Wildman–Crippen LogP) is 0.349. The Balaban J connectivity index is 1.67. The number of likely N-dealkylation sites (N-methyl/N-ethyl adjacent to an activating group) is 2. The van der Waals surface area contributed by atoms with Gasteiger partial charge in [0.1, 0.15) is 48.5 Å². The molecule has 16 atom stereocenters. The molecule has 105 heavy (non-hydrogen) atoms. The van der Waals surface area contributed by atoms with Crippen LogP contribution in [0.3, 0.4) is 0 Å². The van der Waals surface area contributed by atoms with E-state index in [2.05, 4.69) is 37.2 Å². The van der Waals surface area contributed by atoms with Crippen LogP contribution in [0, 0.1) is 29.6 Å². The maximum Gasteiger partial charge on any atom is 0.326 e. The smallest absolute Gasteiger partial charge is 0.326 e. The Labute approximate surface area is 622 Å². The van der Waals surface area contributed by atoms with Gasteiger partial charge in [-0.2, -0.15) is 0 Å². The fourth-order valence-electron chi connectivity index (χ4n) is 13.2. The van der Waals surface area contributed by atoms with Crippen molar-refractivity contribution in [1.29, 1.82) is 0 Å². The number of imide groups is 1. The molecule has 1 saturated heterocycles. The first-order valence-corrected chi connectivity index (χ1v) is 37.4.